The van der Waals surface area contributed by atoms with Crippen LogP contribution >= 0.6 is 0 Å². The van der Waals surface area contributed by atoms with Crippen molar-refractivity contribution in [3.05, 3.63) is 29.8 Å². The Hall–Kier alpha value is -2.35. The van der Waals surface area contributed by atoms with E-state index in [0.29, 0.717) is 5.69 Å². The molecule has 15 heavy (non-hydrogen) atoms. The van der Waals surface area contributed by atoms with Gasteiger partial charge in [0.05, 0.1) is 11.6 Å². The lowest BCUT2D eigenvalue weighted by Gasteiger charge is -2.03. The Kier molecular flexibility index (Phi) is 3.41. The fourth-order valence-corrected chi connectivity index (χ4v) is 1.01. The van der Waals surface area contributed by atoms with Gasteiger partial charge in [-0.15, -0.1) is 0 Å². The summed E-state index contributed by atoms with van der Waals surface area (Å²) in [6.45, 7) is 0. The van der Waals surface area contributed by atoms with Crippen molar-refractivity contribution in [2.45, 2.75) is 6.42 Å². The van der Waals surface area contributed by atoms with Gasteiger partial charge in [0.25, 0.3) is 0 Å². The highest BCUT2D eigenvalue weighted by molar-refractivity contribution is 5.94. The number of nitrogens with one attached hydrogen (secondary N) is 1. The highest BCUT2D eigenvalue weighted by Gasteiger charge is 2.05. The van der Waals surface area contributed by atoms with Gasteiger partial charge in [-0.25, -0.2) is 4.79 Å². The van der Waals surface area contributed by atoms with Crippen LogP contribution in [0.25, 0.3) is 0 Å². The number of nitriles is 1. The van der Waals surface area contributed by atoms with Gasteiger partial charge in [0, 0.05) is 5.69 Å². The van der Waals surface area contributed by atoms with Crippen molar-refractivity contribution in [3.63, 3.8) is 0 Å². The lowest BCUT2D eigenvalue weighted by molar-refractivity contribution is -0.115. The second kappa shape index (κ2) is 4.77. The quantitative estimate of drug-likeness (QED) is 0.774. The fraction of sp³-hybridized carbons (Fsp3) is 0.100. The Morgan fingerprint density at radius 3 is 2.80 bits per heavy atom. The summed E-state index contributed by atoms with van der Waals surface area (Å²) in [5.74, 6) is -1.52. The molecule has 0 atom stereocenters. The molecule has 0 unspecified atom stereocenters. The molecule has 5 heteroatoms. The number of amides is 1. The zero-order valence-electron chi connectivity index (χ0n) is 7.73. The number of anilines is 1. The summed E-state index contributed by atoms with van der Waals surface area (Å²) in [5, 5.41) is 19.3. The van der Waals surface area contributed by atoms with Crippen molar-refractivity contribution >= 4 is 17.6 Å². The van der Waals surface area contributed by atoms with Crippen molar-refractivity contribution in [1.29, 1.82) is 5.26 Å². The molecule has 0 saturated heterocycles. The van der Waals surface area contributed by atoms with Gasteiger partial charge in [-0.2, -0.15) is 5.26 Å². The minimum Gasteiger partial charge on any atom is -0.478 e. The highest BCUT2D eigenvalue weighted by atomic mass is 16.4. The van der Waals surface area contributed by atoms with E-state index in [0.717, 1.165) is 0 Å². The molecule has 0 aliphatic carbocycles. The van der Waals surface area contributed by atoms with Crippen molar-refractivity contribution in [2.24, 2.45) is 0 Å². The number of rotatable bonds is 3. The van der Waals surface area contributed by atoms with Crippen molar-refractivity contribution in [3.8, 4) is 6.07 Å². The Labute approximate surface area is 86.0 Å². The molecule has 0 bridgehead atoms. The van der Waals surface area contributed by atoms with E-state index in [4.69, 9.17) is 10.4 Å². The topological polar surface area (TPSA) is 90.2 Å². The number of hydrogen-bond acceptors (Lipinski definition) is 3. The van der Waals surface area contributed by atoms with Crippen LogP contribution in [0.4, 0.5) is 5.69 Å². The average molecular weight is 204 g/mol. The molecule has 0 aliphatic rings. The van der Waals surface area contributed by atoms with Crippen molar-refractivity contribution < 1.29 is 14.7 Å². The first-order chi connectivity index (χ1) is 7.13. The molecule has 1 amide bonds. The third-order valence-electron chi connectivity index (χ3n) is 1.63. The second-order valence-electron chi connectivity index (χ2n) is 2.77. The van der Waals surface area contributed by atoms with E-state index in [1.165, 1.54) is 18.2 Å². The van der Waals surface area contributed by atoms with Crippen LogP contribution in [0.5, 0.6) is 0 Å². The highest BCUT2D eigenvalue weighted by Crippen LogP contribution is 2.10. The Morgan fingerprint density at radius 2 is 2.20 bits per heavy atom. The van der Waals surface area contributed by atoms with Crippen LogP contribution in [0.3, 0.4) is 0 Å². The van der Waals surface area contributed by atoms with Crippen LogP contribution in [0, 0.1) is 11.3 Å². The van der Waals surface area contributed by atoms with Gasteiger partial charge in [0.1, 0.15) is 6.42 Å². The van der Waals surface area contributed by atoms with E-state index >= 15 is 0 Å². The van der Waals surface area contributed by atoms with Gasteiger partial charge in [0.2, 0.25) is 5.91 Å². The van der Waals surface area contributed by atoms with E-state index in [1.807, 2.05) is 0 Å². The third kappa shape index (κ3) is 3.12. The van der Waals surface area contributed by atoms with E-state index < -0.39 is 11.9 Å². The van der Waals surface area contributed by atoms with Gasteiger partial charge in [-0.1, -0.05) is 6.07 Å². The summed E-state index contributed by atoms with van der Waals surface area (Å²) in [7, 11) is 0. The first-order valence-electron chi connectivity index (χ1n) is 4.13. The van der Waals surface area contributed by atoms with E-state index in [2.05, 4.69) is 5.32 Å². The van der Waals surface area contributed by atoms with Crippen molar-refractivity contribution in [1.82, 2.24) is 0 Å². The smallest absolute Gasteiger partial charge is 0.335 e. The maximum Gasteiger partial charge on any atom is 0.335 e. The van der Waals surface area contributed by atoms with Crippen molar-refractivity contribution in [2.75, 3.05) is 5.32 Å². The molecule has 2 N–H and O–H groups in total. The fourth-order valence-electron chi connectivity index (χ4n) is 1.01. The molecule has 1 aromatic carbocycles. The standard InChI is InChI=1S/C10H8N2O3/c11-5-4-9(13)12-8-3-1-2-7(6-8)10(14)15/h1-3,6H,4H2,(H,12,13)(H,14,15). The molecule has 76 valence electrons. The molecule has 0 fully saturated rings. The average Bonchev–Trinajstić information content (AvgIpc) is 2.18. The molecule has 0 spiro atoms. The van der Waals surface area contributed by atoms with Crippen LogP contribution in [0.15, 0.2) is 24.3 Å². The molecule has 0 saturated carbocycles. The monoisotopic (exact) mass is 204 g/mol. The molecular formula is C10H8N2O3. The number of nitrogens with zero attached hydrogens (tertiary/aromatic N) is 1. The molecule has 0 radical (unpaired) electrons. The third-order valence-corrected chi connectivity index (χ3v) is 1.63. The van der Waals surface area contributed by atoms with E-state index in [-0.39, 0.29) is 12.0 Å². The van der Waals surface area contributed by atoms with Gasteiger partial charge in [-0.05, 0) is 18.2 Å². The zero-order valence-corrected chi connectivity index (χ0v) is 7.73. The first-order valence-corrected chi connectivity index (χ1v) is 4.13. The number of hydrogen-bond donors (Lipinski definition) is 2. The van der Waals surface area contributed by atoms with E-state index in [9.17, 15) is 9.59 Å². The van der Waals surface area contributed by atoms with Gasteiger partial charge in [0.15, 0.2) is 0 Å². The summed E-state index contributed by atoms with van der Waals surface area (Å²) in [4.78, 5) is 21.6. The molecule has 0 heterocycles. The van der Waals surface area contributed by atoms with Crippen LogP contribution in [-0.2, 0) is 4.79 Å². The molecule has 0 aliphatic heterocycles. The normalized spacial score (nSPS) is 9.00. The number of carbonyl (C=O) groups excluding carboxylic acids is 1. The predicted octanol–water partition coefficient (Wildman–Crippen LogP) is 1.24. The van der Waals surface area contributed by atoms with Crippen LogP contribution < -0.4 is 5.32 Å². The summed E-state index contributed by atoms with van der Waals surface area (Å²) in [6.07, 6.45) is -0.253. The Bertz CT molecular complexity index is 435. The second-order valence-corrected chi connectivity index (χ2v) is 2.77. The SMILES string of the molecule is N#CCC(=O)Nc1cccc(C(=O)O)c1. The van der Waals surface area contributed by atoms with Gasteiger partial charge >= 0.3 is 5.97 Å². The summed E-state index contributed by atoms with van der Waals surface area (Å²) in [5.41, 5.74) is 0.458. The van der Waals surface area contributed by atoms with Crippen LogP contribution in [0.1, 0.15) is 16.8 Å². The van der Waals surface area contributed by atoms with Crippen LogP contribution in [0.2, 0.25) is 0 Å². The lowest BCUT2D eigenvalue weighted by Crippen LogP contribution is -2.10. The molecule has 0 aromatic heterocycles. The Morgan fingerprint density at radius 1 is 1.47 bits per heavy atom. The largest absolute Gasteiger partial charge is 0.478 e. The first kappa shape index (κ1) is 10.7. The summed E-state index contributed by atoms with van der Waals surface area (Å²) >= 11 is 0. The minimum absolute atomic E-state index is 0.0877. The zero-order chi connectivity index (χ0) is 11.3. The molecule has 1 aromatic rings. The maximum absolute atomic E-state index is 11.0. The number of benzene rings is 1. The minimum atomic E-state index is -1.06. The Balaban J connectivity index is 2.79. The molecule has 5 nitrogen and oxygen atoms in total. The van der Waals surface area contributed by atoms with Crippen LogP contribution in [-0.4, -0.2) is 17.0 Å². The number of carboxylic acid groups (broad SMARTS) is 1. The number of carbonyl (C=O) groups is 2. The summed E-state index contributed by atoms with van der Waals surface area (Å²) in [6, 6.07) is 7.52. The number of carboxylic acids is 1. The van der Waals surface area contributed by atoms with E-state index in [1.54, 1.807) is 12.1 Å². The molecular weight excluding hydrogens is 196 g/mol. The maximum atomic E-state index is 11.0. The number of aromatic carboxylic acids is 1. The molecule has 1 rings (SSSR count). The van der Waals surface area contributed by atoms with Gasteiger partial charge in [-0.3, -0.25) is 4.79 Å². The predicted molar refractivity (Wildman–Crippen MR) is 52.3 cm³/mol. The van der Waals surface area contributed by atoms with Gasteiger partial charge < -0.3 is 10.4 Å². The summed E-state index contributed by atoms with van der Waals surface area (Å²) < 4.78 is 0. The lowest BCUT2D eigenvalue weighted by atomic mass is 10.2.